The minimum atomic E-state index is -1.86. The van der Waals surface area contributed by atoms with Crippen molar-refractivity contribution in [3.8, 4) is 0 Å². The number of nitro groups is 1. The normalized spacial score (nSPS) is 15.8. The number of rotatable bonds is 11. The molecule has 1 rings (SSSR count). The van der Waals surface area contributed by atoms with Crippen molar-refractivity contribution in [2.75, 3.05) is 26.4 Å². The molecule has 0 aromatic carbocycles. The monoisotopic (exact) mass is 523 g/mol. The lowest BCUT2D eigenvalue weighted by Crippen LogP contribution is -2.41. The van der Waals surface area contributed by atoms with Crippen LogP contribution in [0.4, 0.5) is 0 Å². The molecular formula is C21H27Cl2NO10. The maximum atomic E-state index is 12.8. The maximum Gasteiger partial charge on any atom is 0.324 e. The molecule has 0 radical (unpaired) electrons. The molecule has 0 amide bonds. The molecule has 1 aliphatic carbocycles. The molecule has 1 aliphatic rings. The van der Waals surface area contributed by atoms with E-state index in [1.54, 1.807) is 0 Å². The second-order valence-electron chi connectivity index (χ2n) is 6.85. The first-order valence-electron chi connectivity index (χ1n) is 10.6. The molecule has 0 spiro atoms. The largest absolute Gasteiger partial charge is 0.465 e. The molecule has 0 aliphatic heterocycles. The Hall–Kier alpha value is -2.66. The summed E-state index contributed by atoms with van der Waals surface area (Å²) in [5.41, 5.74) is -1.04. The first-order chi connectivity index (χ1) is 16.1. The molecule has 0 heterocycles. The van der Waals surface area contributed by atoms with Gasteiger partial charge in [-0.05, 0) is 46.1 Å². The number of carbonyl (C=O) groups excluding carboxylic acids is 4. The number of esters is 4. The van der Waals surface area contributed by atoms with Crippen LogP contribution in [-0.2, 0) is 38.1 Å². The standard InChI is InChI=1S/C21H27Cl2NO10/c1-5-31-18(25)14(19(26)32-6-2)11-9-10-12(17(22)23)13(16(11)24(29)30)15(20(27)33-7-3)21(28)34-8-4/h13-15H,5-10H2,1-4H3/t13-/m0/s1. The van der Waals surface area contributed by atoms with E-state index in [0.717, 1.165) is 0 Å². The Kier molecular flexibility index (Phi) is 12.0. The molecular weight excluding hydrogens is 497 g/mol. The van der Waals surface area contributed by atoms with Gasteiger partial charge in [-0.1, -0.05) is 23.2 Å². The summed E-state index contributed by atoms with van der Waals surface area (Å²) in [4.78, 5) is 62.3. The van der Waals surface area contributed by atoms with Gasteiger partial charge in [-0.25, -0.2) is 0 Å². The van der Waals surface area contributed by atoms with Crippen LogP contribution in [0.25, 0.3) is 0 Å². The van der Waals surface area contributed by atoms with Crippen LogP contribution in [0.1, 0.15) is 40.5 Å². The molecule has 0 aromatic rings. The molecule has 0 unspecified atom stereocenters. The molecule has 0 saturated carbocycles. The number of allylic oxidation sites excluding steroid dienone is 1. The van der Waals surface area contributed by atoms with E-state index in [0.29, 0.717) is 0 Å². The van der Waals surface area contributed by atoms with E-state index < -0.39 is 56.7 Å². The van der Waals surface area contributed by atoms with E-state index in [4.69, 9.17) is 42.1 Å². The van der Waals surface area contributed by atoms with Gasteiger partial charge in [-0.2, -0.15) is 0 Å². The number of halogens is 2. The van der Waals surface area contributed by atoms with Gasteiger partial charge in [0.15, 0.2) is 11.8 Å². The Balaban J connectivity index is 3.95. The minimum Gasteiger partial charge on any atom is -0.465 e. The van der Waals surface area contributed by atoms with Gasteiger partial charge in [-0.3, -0.25) is 29.3 Å². The number of hydrogen-bond donors (Lipinski definition) is 0. The Morgan fingerprint density at radius 1 is 0.853 bits per heavy atom. The molecule has 0 fully saturated rings. The molecule has 0 saturated heterocycles. The average molecular weight is 524 g/mol. The SMILES string of the molecule is CCOC(=O)C(C(=O)OCC)C1=C([N+](=O)[O-])[C@H](C(C(=O)OCC)C(=O)OCC)C(=C(Cl)Cl)CC1. The van der Waals surface area contributed by atoms with Crippen LogP contribution in [0.5, 0.6) is 0 Å². The highest BCUT2D eigenvalue weighted by Gasteiger charge is 2.52. The van der Waals surface area contributed by atoms with Gasteiger partial charge in [0.1, 0.15) is 4.49 Å². The van der Waals surface area contributed by atoms with Crippen molar-refractivity contribution in [3.63, 3.8) is 0 Å². The smallest absolute Gasteiger partial charge is 0.324 e. The van der Waals surface area contributed by atoms with Gasteiger partial charge < -0.3 is 18.9 Å². The summed E-state index contributed by atoms with van der Waals surface area (Å²) < 4.78 is 19.4. The summed E-state index contributed by atoms with van der Waals surface area (Å²) in [6.07, 6.45) is -0.296. The van der Waals surface area contributed by atoms with Crippen LogP contribution in [0, 0.1) is 27.9 Å². The van der Waals surface area contributed by atoms with E-state index in [1.807, 2.05) is 0 Å². The van der Waals surface area contributed by atoms with Crippen molar-refractivity contribution in [2.24, 2.45) is 17.8 Å². The molecule has 0 bridgehead atoms. The molecule has 1 atom stereocenters. The summed E-state index contributed by atoms with van der Waals surface area (Å²) in [6, 6.07) is 0. The van der Waals surface area contributed by atoms with Crippen LogP contribution in [0.3, 0.4) is 0 Å². The molecule has 13 heteroatoms. The highest BCUT2D eigenvalue weighted by Crippen LogP contribution is 2.45. The van der Waals surface area contributed by atoms with Crippen LogP contribution < -0.4 is 0 Å². The molecule has 190 valence electrons. The topological polar surface area (TPSA) is 148 Å². The fourth-order valence-corrected chi connectivity index (χ4v) is 4.10. The van der Waals surface area contributed by atoms with Gasteiger partial charge >= 0.3 is 23.9 Å². The number of carbonyl (C=O) groups is 4. The lowest BCUT2D eigenvalue weighted by Gasteiger charge is -2.31. The summed E-state index contributed by atoms with van der Waals surface area (Å²) in [6.45, 7) is 5.50. The molecule has 34 heavy (non-hydrogen) atoms. The van der Waals surface area contributed by atoms with Crippen molar-refractivity contribution in [3.05, 3.63) is 31.4 Å². The zero-order chi connectivity index (χ0) is 26.0. The van der Waals surface area contributed by atoms with Crippen molar-refractivity contribution in [1.29, 1.82) is 0 Å². The second kappa shape index (κ2) is 13.9. The summed E-state index contributed by atoms with van der Waals surface area (Å²) in [5.74, 6) is -9.66. The molecule has 0 N–H and O–H groups in total. The Morgan fingerprint density at radius 3 is 1.62 bits per heavy atom. The molecule has 11 nitrogen and oxygen atoms in total. The predicted molar refractivity (Wildman–Crippen MR) is 119 cm³/mol. The van der Waals surface area contributed by atoms with Crippen LogP contribution in [0.15, 0.2) is 21.3 Å². The maximum absolute atomic E-state index is 12.8. The highest BCUT2D eigenvalue weighted by atomic mass is 35.5. The Bertz CT molecular complexity index is 843. The van der Waals surface area contributed by atoms with E-state index >= 15 is 0 Å². The van der Waals surface area contributed by atoms with Gasteiger partial charge in [-0.15, -0.1) is 0 Å². The third-order valence-corrected chi connectivity index (χ3v) is 5.40. The van der Waals surface area contributed by atoms with E-state index in [9.17, 15) is 29.3 Å². The summed E-state index contributed by atoms with van der Waals surface area (Å²) in [5, 5.41) is 12.3. The first-order valence-corrected chi connectivity index (χ1v) is 11.4. The van der Waals surface area contributed by atoms with Crippen molar-refractivity contribution < 1.29 is 43.0 Å². The minimum absolute atomic E-state index is 0.00337. The number of ether oxygens (including phenoxy) is 4. The lowest BCUT2D eigenvalue weighted by molar-refractivity contribution is -0.435. The van der Waals surface area contributed by atoms with E-state index in [2.05, 4.69) is 0 Å². The van der Waals surface area contributed by atoms with Crippen molar-refractivity contribution in [2.45, 2.75) is 40.5 Å². The summed E-state index contributed by atoms with van der Waals surface area (Å²) >= 11 is 12.0. The fraction of sp³-hybridized carbons (Fsp3) is 0.619. The van der Waals surface area contributed by atoms with Crippen LogP contribution in [0.2, 0.25) is 0 Å². The van der Waals surface area contributed by atoms with Gasteiger partial charge in [0, 0.05) is 5.57 Å². The van der Waals surface area contributed by atoms with E-state index in [-0.39, 0.29) is 50.4 Å². The lowest BCUT2D eigenvalue weighted by atomic mass is 9.73. The first kappa shape index (κ1) is 29.4. The van der Waals surface area contributed by atoms with Crippen LogP contribution >= 0.6 is 23.2 Å². The quantitative estimate of drug-likeness (QED) is 0.130. The predicted octanol–water partition coefficient (Wildman–Crippen LogP) is 3.10. The highest BCUT2D eigenvalue weighted by molar-refractivity contribution is 6.56. The number of hydrogen-bond acceptors (Lipinski definition) is 10. The zero-order valence-electron chi connectivity index (χ0n) is 19.3. The Morgan fingerprint density at radius 2 is 1.26 bits per heavy atom. The third-order valence-electron chi connectivity index (χ3n) is 4.91. The second-order valence-corrected chi connectivity index (χ2v) is 7.80. The fourth-order valence-electron chi connectivity index (χ4n) is 3.68. The summed E-state index contributed by atoms with van der Waals surface area (Å²) in [7, 11) is 0. The number of nitrogens with zero attached hydrogens (tertiary/aromatic N) is 1. The van der Waals surface area contributed by atoms with E-state index in [1.165, 1.54) is 27.7 Å². The third kappa shape index (κ3) is 6.92. The van der Waals surface area contributed by atoms with Crippen molar-refractivity contribution in [1.82, 2.24) is 0 Å². The van der Waals surface area contributed by atoms with Gasteiger partial charge in [0.05, 0.1) is 37.3 Å². The van der Waals surface area contributed by atoms with Crippen molar-refractivity contribution >= 4 is 47.1 Å². The Labute approximate surface area is 206 Å². The van der Waals surface area contributed by atoms with Crippen LogP contribution in [-0.4, -0.2) is 55.2 Å². The average Bonchev–Trinajstić information content (AvgIpc) is 2.74. The van der Waals surface area contributed by atoms with Gasteiger partial charge in [0.2, 0.25) is 0 Å². The zero-order valence-corrected chi connectivity index (χ0v) is 20.8. The van der Waals surface area contributed by atoms with Gasteiger partial charge in [0.25, 0.3) is 5.70 Å². The molecule has 0 aromatic heterocycles.